The van der Waals surface area contributed by atoms with E-state index in [1.165, 1.54) is 5.39 Å². The molecular weight excluding hydrogens is 422 g/mol. The lowest BCUT2D eigenvalue weighted by molar-refractivity contribution is -0.118. The van der Waals surface area contributed by atoms with E-state index in [0.29, 0.717) is 5.56 Å². The van der Waals surface area contributed by atoms with Crippen LogP contribution in [0.15, 0.2) is 91.0 Å². The van der Waals surface area contributed by atoms with E-state index >= 15 is 0 Å². The van der Waals surface area contributed by atoms with Gasteiger partial charge in [0.15, 0.2) is 0 Å². The number of hydrogen-bond acceptors (Lipinski definition) is 2. The molecule has 166 valence electrons. The van der Waals surface area contributed by atoms with Crippen molar-refractivity contribution < 1.29 is 9.59 Å². The normalized spacial score (nSPS) is 15.3. The molecule has 34 heavy (non-hydrogen) atoms. The SMILES string of the molecule is Cn1c(-c2ccc3ccccc3c2)c(C2c3ccccc3C(=O)N2CC(N)=O)c2ccccc21. The zero-order valence-corrected chi connectivity index (χ0v) is 18.7. The van der Waals surface area contributed by atoms with Crippen molar-refractivity contribution in [1.29, 1.82) is 0 Å². The van der Waals surface area contributed by atoms with E-state index in [9.17, 15) is 9.59 Å². The highest BCUT2D eigenvalue weighted by atomic mass is 16.2. The molecule has 0 aliphatic carbocycles. The van der Waals surface area contributed by atoms with Gasteiger partial charge in [-0.2, -0.15) is 0 Å². The van der Waals surface area contributed by atoms with Crippen LogP contribution < -0.4 is 5.73 Å². The summed E-state index contributed by atoms with van der Waals surface area (Å²) in [5.41, 5.74) is 11.3. The van der Waals surface area contributed by atoms with E-state index in [1.807, 2.05) is 48.5 Å². The van der Waals surface area contributed by atoms with Gasteiger partial charge in [0.1, 0.15) is 6.54 Å². The fourth-order valence-electron chi connectivity index (χ4n) is 5.40. The molecule has 0 spiro atoms. The Kier molecular flexibility index (Phi) is 4.52. The van der Waals surface area contributed by atoms with Gasteiger partial charge in [-0.05, 0) is 40.1 Å². The van der Waals surface area contributed by atoms with Crippen molar-refractivity contribution in [3.63, 3.8) is 0 Å². The molecule has 2 amide bonds. The topological polar surface area (TPSA) is 68.3 Å². The molecule has 6 rings (SSSR count). The molecule has 1 unspecified atom stereocenters. The van der Waals surface area contributed by atoms with Crippen molar-refractivity contribution in [1.82, 2.24) is 9.47 Å². The second-order valence-corrected chi connectivity index (χ2v) is 8.79. The number of nitrogens with two attached hydrogens (primary N) is 1. The summed E-state index contributed by atoms with van der Waals surface area (Å²) in [7, 11) is 2.05. The number of rotatable bonds is 4. The van der Waals surface area contributed by atoms with E-state index in [0.717, 1.165) is 38.7 Å². The summed E-state index contributed by atoms with van der Waals surface area (Å²) < 4.78 is 2.18. The van der Waals surface area contributed by atoms with Gasteiger partial charge in [0.25, 0.3) is 5.91 Å². The molecule has 1 aromatic heterocycles. The number of nitrogens with zero attached hydrogens (tertiary/aromatic N) is 2. The first-order chi connectivity index (χ1) is 16.5. The van der Waals surface area contributed by atoms with E-state index in [2.05, 4.69) is 54.1 Å². The molecule has 1 atom stereocenters. The maximum absolute atomic E-state index is 13.4. The molecule has 5 aromatic rings. The van der Waals surface area contributed by atoms with Crippen molar-refractivity contribution in [2.45, 2.75) is 6.04 Å². The van der Waals surface area contributed by atoms with Crippen LogP contribution in [0.2, 0.25) is 0 Å². The number of fused-ring (bicyclic) bond motifs is 3. The Morgan fingerprint density at radius 2 is 1.59 bits per heavy atom. The van der Waals surface area contributed by atoms with Crippen LogP contribution in [0.5, 0.6) is 0 Å². The lowest BCUT2D eigenvalue weighted by Gasteiger charge is -2.26. The maximum atomic E-state index is 13.4. The second-order valence-electron chi connectivity index (χ2n) is 8.79. The summed E-state index contributed by atoms with van der Waals surface area (Å²) in [5, 5.41) is 3.37. The van der Waals surface area contributed by atoms with Crippen LogP contribution in [0.25, 0.3) is 32.9 Å². The van der Waals surface area contributed by atoms with Crippen LogP contribution in [-0.2, 0) is 11.8 Å². The molecule has 2 N–H and O–H groups in total. The average molecular weight is 446 g/mol. The lowest BCUT2D eigenvalue weighted by atomic mass is 9.92. The quantitative estimate of drug-likeness (QED) is 0.422. The minimum absolute atomic E-state index is 0.140. The Labute approximate surface area is 197 Å². The van der Waals surface area contributed by atoms with Crippen LogP contribution in [-0.4, -0.2) is 27.8 Å². The van der Waals surface area contributed by atoms with Crippen molar-refractivity contribution in [3.8, 4) is 11.3 Å². The maximum Gasteiger partial charge on any atom is 0.255 e. The molecule has 5 heteroatoms. The first-order valence-electron chi connectivity index (χ1n) is 11.3. The molecular formula is C29H23N3O2. The molecule has 5 nitrogen and oxygen atoms in total. The van der Waals surface area contributed by atoms with Gasteiger partial charge in [0, 0.05) is 29.1 Å². The highest BCUT2D eigenvalue weighted by molar-refractivity contribution is 6.04. The Bertz CT molecular complexity index is 1610. The number of amides is 2. The average Bonchev–Trinajstić information content (AvgIpc) is 3.29. The molecule has 0 saturated carbocycles. The summed E-state index contributed by atoms with van der Waals surface area (Å²) >= 11 is 0. The summed E-state index contributed by atoms with van der Waals surface area (Å²) in [6.07, 6.45) is 0. The molecule has 1 aliphatic heterocycles. The predicted octanol–water partition coefficient (Wildman–Crippen LogP) is 5.03. The van der Waals surface area contributed by atoms with Gasteiger partial charge in [0.2, 0.25) is 5.91 Å². The van der Waals surface area contributed by atoms with Gasteiger partial charge in [-0.15, -0.1) is 0 Å². The summed E-state index contributed by atoms with van der Waals surface area (Å²) in [6, 6.07) is 30.1. The number of carbonyl (C=O) groups is 2. The Morgan fingerprint density at radius 1 is 0.882 bits per heavy atom. The number of hydrogen-bond donors (Lipinski definition) is 1. The van der Waals surface area contributed by atoms with Crippen LogP contribution in [0.4, 0.5) is 0 Å². The molecule has 4 aromatic carbocycles. The lowest BCUT2D eigenvalue weighted by Crippen LogP contribution is -2.37. The van der Waals surface area contributed by atoms with Crippen molar-refractivity contribution in [2.75, 3.05) is 6.54 Å². The summed E-state index contributed by atoms with van der Waals surface area (Å²) in [4.78, 5) is 27.0. The Hall–Kier alpha value is -4.38. The number of benzene rings is 4. The van der Waals surface area contributed by atoms with E-state index < -0.39 is 11.9 Å². The number of carbonyl (C=O) groups excluding carboxylic acids is 2. The third-order valence-electron chi connectivity index (χ3n) is 6.83. The first-order valence-corrected chi connectivity index (χ1v) is 11.3. The second kappa shape index (κ2) is 7.59. The molecule has 2 heterocycles. The fourth-order valence-corrected chi connectivity index (χ4v) is 5.40. The highest BCUT2D eigenvalue weighted by Gasteiger charge is 2.41. The minimum Gasteiger partial charge on any atom is -0.368 e. The fraction of sp³-hybridized carbons (Fsp3) is 0.103. The van der Waals surface area contributed by atoms with Gasteiger partial charge in [-0.25, -0.2) is 0 Å². The third kappa shape index (κ3) is 2.94. The summed E-state index contributed by atoms with van der Waals surface area (Å²) in [6.45, 7) is -0.140. The number of primary amides is 1. The summed E-state index contributed by atoms with van der Waals surface area (Å²) in [5.74, 6) is -0.699. The standard InChI is InChI=1S/C29H23N3O2/c1-31-24-13-7-6-12-23(24)26(27(31)20-15-14-18-8-2-3-9-19(18)16-20)28-21-10-4-5-11-22(21)29(34)32(28)17-25(30)33/h2-16,28H,17H2,1H3,(H2,30,33). The van der Waals surface area contributed by atoms with Gasteiger partial charge < -0.3 is 15.2 Å². The molecule has 0 saturated heterocycles. The number of aryl methyl sites for hydroxylation is 1. The molecule has 0 fully saturated rings. The zero-order valence-electron chi connectivity index (χ0n) is 18.7. The van der Waals surface area contributed by atoms with E-state index in [-0.39, 0.29) is 12.5 Å². The van der Waals surface area contributed by atoms with Gasteiger partial charge in [0.05, 0.1) is 11.7 Å². The van der Waals surface area contributed by atoms with Crippen LogP contribution in [0.3, 0.4) is 0 Å². The first kappa shape index (κ1) is 20.2. The third-order valence-corrected chi connectivity index (χ3v) is 6.83. The zero-order chi connectivity index (χ0) is 23.4. The van der Waals surface area contributed by atoms with E-state index in [1.54, 1.807) is 4.90 Å². The molecule has 0 radical (unpaired) electrons. The van der Waals surface area contributed by atoms with Crippen LogP contribution >= 0.6 is 0 Å². The number of para-hydroxylation sites is 1. The van der Waals surface area contributed by atoms with Crippen molar-refractivity contribution in [2.24, 2.45) is 12.8 Å². The van der Waals surface area contributed by atoms with Gasteiger partial charge >= 0.3 is 0 Å². The Morgan fingerprint density at radius 3 is 2.41 bits per heavy atom. The molecule has 1 aliphatic rings. The largest absolute Gasteiger partial charge is 0.368 e. The Balaban J connectivity index is 1.68. The van der Waals surface area contributed by atoms with Crippen LogP contribution in [0, 0.1) is 0 Å². The predicted molar refractivity (Wildman–Crippen MR) is 134 cm³/mol. The van der Waals surface area contributed by atoms with Crippen molar-refractivity contribution in [3.05, 3.63) is 108 Å². The van der Waals surface area contributed by atoms with Crippen LogP contribution in [0.1, 0.15) is 27.5 Å². The van der Waals surface area contributed by atoms with Gasteiger partial charge in [-0.3, -0.25) is 9.59 Å². The van der Waals surface area contributed by atoms with Crippen molar-refractivity contribution >= 4 is 33.5 Å². The van der Waals surface area contributed by atoms with Gasteiger partial charge in [-0.1, -0.05) is 72.8 Å². The number of aromatic nitrogens is 1. The highest BCUT2D eigenvalue weighted by Crippen LogP contribution is 2.46. The monoisotopic (exact) mass is 445 g/mol. The van der Waals surface area contributed by atoms with E-state index in [4.69, 9.17) is 5.73 Å². The smallest absolute Gasteiger partial charge is 0.255 e. The molecule has 0 bridgehead atoms. The minimum atomic E-state index is -0.529.